The summed E-state index contributed by atoms with van der Waals surface area (Å²) in [6.45, 7) is 1.08. The van der Waals surface area contributed by atoms with E-state index in [2.05, 4.69) is 5.32 Å². The van der Waals surface area contributed by atoms with Crippen molar-refractivity contribution in [2.45, 2.75) is 19.3 Å². The molecular weight excluding hydrogens is 387 g/mol. The molecule has 0 atom stereocenters. The monoisotopic (exact) mass is 406 g/mol. The first-order valence-electron chi connectivity index (χ1n) is 8.77. The van der Waals surface area contributed by atoms with E-state index >= 15 is 0 Å². The molecule has 2 aromatic rings. The first kappa shape index (κ1) is 19.5. The SMILES string of the molecule is O=C(COc1cccc(N2CCCC2=O)c1)NCCc1ccc(Cl)cc1Cl. The van der Waals surface area contributed by atoms with E-state index in [0.717, 1.165) is 24.2 Å². The zero-order chi connectivity index (χ0) is 19.2. The fraction of sp³-hybridized carbons (Fsp3) is 0.300. The maximum atomic E-state index is 12.0. The number of halogens is 2. The van der Waals surface area contributed by atoms with Crippen LogP contribution >= 0.6 is 23.2 Å². The predicted molar refractivity (Wildman–Crippen MR) is 107 cm³/mol. The Balaban J connectivity index is 1.46. The molecule has 1 saturated heterocycles. The second kappa shape index (κ2) is 9.11. The Morgan fingerprint density at radius 3 is 2.78 bits per heavy atom. The average molecular weight is 407 g/mol. The molecule has 3 rings (SSSR count). The zero-order valence-electron chi connectivity index (χ0n) is 14.7. The van der Waals surface area contributed by atoms with Crippen LogP contribution in [0.3, 0.4) is 0 Å². The minimum atomic E-state index is -0.220. The number of carbonyl (C=O) groups excluding carboxylic acids is 2. The fourth-order valence-corrected chi connectivity index (χ4v) is 3.43. The summed E-state index contributed by atoms with van der Waals surface area (Å²) in [6.07, 6.45) is 2.05. The number of amides is 2. The number of ether oxygens (including phenoxy) is 1. The van der Waals surface area contributed by atoms with Crippen molar-refractivity contribution in [1.29, 1.82) is 0 Å². The summed E-state index contributed by atoms with van der Waals surface area (Å²) in [5.74, 6) is 0.455. The number of anilines is 1. The highest BCUT2D eigenvalue weighted by Gasteiger charge is 2.21. The van der Waals surface area contributed by atoms with Gasteiger partial charge in [-0.05, 0) is 42.7 Å². The van der Waals surface area contributed by atoms with Gasteiger partial charge in [0.2, 0.25) is 5.91 Å². The summed E-state index contributed by atoms with van der Waals surface area (Å²) in [7, 11) is 0. The van der Waals surface area contributed by atoms with E-state index in [0.29, 0.717) is 35.2 Å². The van der Waals surface area contributed by atoms with Crippen LogP contribution in [0.4, 0.5) is 5.69 Å². The third-order valence-corrected chi connectivity index (χ3v) is 4.89. The number of nitrogens with zero attached hydrogens (tertiary/aromatic N) is 1. The Morgan fingerprint density at radius 2 is 2.04 bits per heavy atom. The quantitative estimate of drug-likeness (QED) is 0.759. The molecule has 0 spiro atoms. The lowest BCUT2D eigenvalue weighted by Crippen LogP contribution is -2.30. The molecule has 7 heteroatoms. The first-order valence-corrected chi connectivity index (χ1v) is 9.52. The fourth-order valence-electron chi connectivity index (χ4n) is 2.92. The molecule has 1 N–H and O–H groups in total. The Hall–Kier alpha value is -2.24. The van der Waals surface area contributed by atoms with Gasteiger partial charge in [0, 0.05) is 41.3 Å². The van der Waals surface area contributed by atoms with E-state index in [1.165, 1.54) is 0 Å². The van der Waals surface area contributed by atoms with E-state index < -0.39 is 0 Å². The van der Waals surface area contributed by atoms with Gasteiger partial charge in [-0.3, -0.25) is 9.59 Å². The smallest absolute Gasteiger partial charge is 0.257 e. The normalized spacial score (nSPS) is 13.7. The van der Waals surface area contributed by atoms with Gasteiger partial charge in [0.1, 0.15) is 5.75 Å². The predicted octanol–water partition coefficient (Wildman–Crippen LogP) is 3.86. The van der Waals surface area contributed by atoms with Crippen molar-refractivity contribution in [1.82, 2.24) is 5.32 Å². The summed E-state index contributed by atoms with van der Waals surface area (Å²) < 4.78 is 5.55. The summed E-state index contributed by atoms with van der Waals surface area (Å²) in [5, 5.41) is 3.97. The molecule has 2 amide bonds. The van der Waals surface area contributed by atoms with Crippen LogP contribution in [0.5, 0.6) is 5.75 Å². The van der Waals surface area contributed by atoms with Crippen molar-refractivity contribution in [3.8, 4) is 5.75 Å². The molecule has 0 saturated carbocycles. The number of rotatable bonds is 7. The molecule has 1 aliphatic heterocycles. The zero-order valence-corrected chi connectivity index (χ0v) is 16.2. The number of hydrogen-bond acceptors (Lipinski definition) is 3. The summed E-state index contributed by atoms with van der Waals surface area (Å²) >= 11 is 12.0. The standard InChI is InChI=1S/C20H20Cl2N2O3/c21-15-7-6-14(18(22)11-15)8-9-23-19(25)13-27-17-4-1-3-16(12-17)24-10-2-5-20(24)26/h1,3-4,6-7,11-12H,2,5,8-10,13H2,(H,23,25). The Morgan fingerprint density at radius 1 is 1.19 bits per heavy atom. The van der Waals surface area contributed by atoms with Gasteiger partial charge in [-0.2, -0.15) is 0 Å². The van der Waals surface area contributed by atoms with Crippen molar-refractivity contribution in [3.05, 3.63) is 58.1 Å². The molecule has 5 nitrogen and oxygen atoms in total. The minimum Gasteiger partial charge on any atom is -0.484 e. The van der Waals surface area contributed by atoms with Gasteiger partial charge in [-0.15, -0.1) is 0 Å². The second-order valence-corrected chi connectivity index (χ2v) is 7.11. The highest BCUT2D eigenvalue weighted by atomic mass is 35.5. The lowest BCUT2D eigenvalue weighted by molar-refractivity contribution is -0.123. The number of benzene rings is 2. The van der Waals surface area contributed by atoms with E-state index in [1.807, 2.05) is 18.2 Å². The lowest BCUT2D eigenvalue weighted by Gasteiger charge is -2.16. The second-order valence-electron chi connectivity index (χ2n) is 6.27. The number of hydrogen-bond donors (Lipinski definition) is 1. The van der Waals surface area contributed by atoms with Crippen LogP contribution < -0.4 is 15.0 Å². The first-order chi connectivity index (χ1) is 13.0. The highest BCUT2D eigenvalue weighted by Crippen LogP contribution is 2.25. The average Bonchev–Trinajstić information content (AvgIpc) is 3.08. The van der Waals surface area contributed by atoms with E-state index in [4.69, 9.17) is 27.9 Å². The molecule has 0 bridgehead atoms. The maximum absolute atomic E-state index is 12.0. The van der Waals surface area contributed by atoms with Crippen LogP contribution in [0.15, 0.2) is 42.5 Å². The van der Waals surface area contributed by atoms with Crippen LogP contribution in [0, 0.1) is 0 Å². The molecule has 0 aromatic heterocycles. The molecule has 142 valence electrons. The largest absolute Gasteiger partial charge is 0.484 e. The summed E-state index contributed by atoms with van der Waals surface area (Å²) in [5.41, 5.74) is 1.72. The minimum absolute atomic E-state index is 0.0915. The highest BCUT2D eigenvalue weighted by molar-refractivity contribution is 6.35. The van der Waals surface area contributed by atoms with Gasteiger partial charge in [-0.25, -0.2) is 0 Å². The third-order valence-electron chi connectivity index (χ3n) is 4.30. The van der Waals surface area contributed by atoms with Crippen molar-refractivity contribution < 1.29 is 14.3 Å². The number of carbonyl (C=O) groups is 2. The maximum Gasteiger partial charge on any atom is 0.257 e. The topological polar surface area (TPSA) is 58.6 Å². The Kier molecular flexibility index (Phi) is 6.58. The Bertz CT molecular complexity index is 842. The van der Waals surface area contributed by atoms with Gasteiger partial charge in [0.05, 0.1) is 0 Å². The molecule has 1 aliphatic rings. The van der Waals surface area contributed by atoms with E-state index in [1.54, 1.807) is 29.2 Å². The summed E-state index contributed by atoms with van der Waals surface area (Å²) in [6, 6.07) is 12.5. The molecular formula is C20H20Cl2N2O3. The lowest BCUT2D eigenvalue weighted by atomic mass is 10.1. The molecule has 1 heterocycles. The summed E-state index contributed by atoms with van der Waals surface area (Å²) in [4.78, 5) is 25.6. The van der Waals surface area contributed by atoms with Crippen LogP contribution in [-0.4, -0.2) is 31.5 Å². The molecule has 2 aromatic carbocycles. The van der Waals surface area contributed by atoms with Crippen molar-refractivity contribution in [3.63, 3.8) is 0 Å². The van der Waals surface area contributed by atoms with Crippen LogP contribution in [0.25, 0.3) is 0 Å². The van der Waals surface area contributed by atoms with Crippen molar-refractivity contribution in [2.75, 3.05) is 24.6 Å². The molecule has 0 unspecified atom stereocenters. The molecule has 1 fully saturated rings. The molecule has 0 radical (unpaired) electrons. The van der Waals surface area contributed by atoms with E-state index in [9.17, 15) is 9.59 Å². The number of nitrogens with one attached hydrogen (secondary N) is 1. The van der Waals surface area contributed by atoms with Crippen molar-refractivity contribution in [2.24, 2.45) is 0 Å². The van der Waals surface area contributed by atoms with Crippen LogP contribution in [0.2, 0.25) is 10.0 Å². The molecule has 27 heavy (non-hydrogen) atoms. The van der Waals surface area contributed by atoms with Gasteiger partial charge in [-0.1, -0.05) is 35.3 Å². The van der Waals surface area contributed by atoms with Crippen LogP contribution in [0.1, 0.15) is 18.4 Å². The van der Waals surface area contributed by atoms with Gasteiger partial charge in [0.25, 0.3) is 5.91 Å². The van der Waals surface area contributed by atoms with E-state index in [-0.39, 0.29) is 18.4 Å². The Labute approximate surface area is 168 Å². The third kappa shape index (κ3) is 5.37. The van der Waals surface area contributed by atoms with Gasteiger partial charge >= 0.3 is 0 Å². The van der Waals surface area contributed by atoms with Crippen LogP contribution in [-0.2, 0) is 16.0 Å². The molecule has 0 aliphatic carbocycles. The van der Waals surface area contributed by atoms with Gasteiger partial charge < -0.3 is 15.0 Å². The van der Waals surface area contributed by atoms with Gasteiger partial charge in [0.15, 0.2) is 6.61 Å². The van der Waals surface area contributed by atoms with Crippen molar-refractivity contribution >= 4 is 40.7 Å².